The number of amides is 1. The second kappa shape index (κ2) is 9.12. The first-order chi connectivity index (χ1) is 11.2. The summed E-state index contributed by atoms with van der Waals surface area (Å²) in [6, 6.07) is 6.66. The molecule has 5 nitrogen and oxygen atoms in total. The molecule has 0 unspecified atom stereocenters. The van der Waals surface area contributed by atoms with E-state index < -0.39 is 0 Å². The van der Waals surface area contributed by atoms with Crippen molar-refractivity contribution in [1.82, 2.24) is 15.5 Å². The molecule has 126 valence electrons. The molecule has 1 amide bonds. The Balaban J connectivity index is 1.77. The normalized spacial score (nSPS) is 15.1. The van der Waals surface area contributed by atoms with Crippen LogP contribution in [0.3, 0.4) is 0 Å². The van der Waals surface area contributed by atoms with Crippen molar-refractivity contribution in [2.24, 2.45) is 4.99 Å². The average Bonchev–Trinajstić information content (AvgIpc) is 2.95. The molecule has 0 aromatic heterocycles. The van der Waals surface area contributed by atoms with Gasteiger partial charge in [-0.25, -0.2) is 9.38 Å². The Hall–Kier alpha value is -2.11. The highest BCUT2D eigenvalue weighted by atomic mass is 19.1. The van der Waals surface area contributed by atoms with Crippen LogP contribution in [-0.4, -0.2) is 42.9 Å². The lowest BCUT2D eigenvalue weighted by Gasteiger charge is -2.16. The molecular weight excluding hydrogens is 295 g/mol. The Bertz CT molecular complexity index is 547. The number of guanidine groups is 1. The van der Waals surface area contributed by atoms with Crippen LogP contribution in [0.5, 0.6) is 0 Å². The molecule has 0 atom stereocenters. The van der Waals surface area contributed by atoms with Crippen molar-refractivity contribution >= 4 is 11.9 Å². The number of nitrogens with one attached hydrogen (secondary N) is 2. The molecule has 1 aliphatic rings. The van der Waals surface area contributed by atoms with Gasteiger partial charge in [0.1, 0.15) is 5.82 Å². The predicted octanol–water partition coefficient (Wildman–Crippen LogP) is 1.89. The van der Waals surface area contributed by atoms with Crippen molar-refractivity contribution < 1.29 is 9.18 Å². The SMILES string of the molecule is CCNC(=NCc1ccccc1F)NCCCN1CCCC1=O. The first kappa shape index (κ1) is 17.2. The molecule has 0 bridgehead atoms. The van der Waals surface area contributed by atoms with E-state index in [0.29, 0.717) is 24.5 Å². The van der Waals surface area contributed by atoms with Crippen LogP contribution in [0.2, 0.25) is 0 Å². The van der Waals surface area contributed by atoms with Gasteiger partial charge >= 0.3 is 0 Å². The second-order valence-electron chi connectivity index (χ2n) is 5.55. The highest BCUT2D eigenvalue weighted by Gasteiger charge is 2.18. The summed E-state index contributed by atoms with van der Waals surface area (Å²) in [4.78, 5) is 17.8. The molecule has 0 saturated carbocycles. The number of benzene rings is 1. The van der Waals surface area contributed by atoms with E-state index in [0.717, 1.165) is 39.0 Å². The molecule has 1 aliphatic heterocycles. The van der Waals surface area contributed by atoms with E-state index in [2.05, 4.69) is 15.6 Å². The lowest BCUT2D eigenvalue weighted by molar-refractivity contribution is -0.127. The summed E-state index contributed by atoms with van der Waals surface area (Å²) in [5.74, 6) is 0.688. The number of carbonyl (C=O) groups excluding carboxylic acids is 1. The van der Waals surface area contributed by atoms with E-state index in [1.807, 2.05) is 11.8 Å². The van der Waals surface area contributed by atoms with E-state index in [-0.39, 0.29) is 11.7 Å². The van der Waals surface area contributed by atoms with Gasteiger partial charge in [-0.3, -0.25) is 4.79 Å². The summed E-state index contributed by atoms with van der Waals surface area (Å²) in [7, 11) is 0. The van der Waals surface area contributed by atoms with Gasteiger partial charge in [-0.1, -0.05) is 18.2 Å². The molecule has 1 aromatic rings. The minimum Gasteiger partial charge on any atom is -0.357 e. The summed E-state index contributed by atoms with van der Waals surface area (Å²) < 4.78 is 13.6. The molecule has 0 aliphatic carbocycles. The first-order valence-electron chi connectivity index (χ1n) is 8.24. The van der Waals surface area contributed by atoms with E-state index >= 15 is 0 Å². The minimum absolute atomic E-state index is 0.236. The fourth-order valence-electron chi connectivity index (χ4n) is 2.55. The highest BCUT2D eigenvalue weighted by molar-refractivity contribution is 5.79. The number of nitrogens with zero attached hydrogens (tertiary/aromatic N) is 2. The van der Waals surface area contributed by atoms with Gasteiger partial charge in [0, 0.05) is 38.2 Å². The van der Waals surface area contributed by atoms with Gasteiger partial charge in [-0.2, -0.15) is 0 Å². The second-order valence-corrected chi connectivity index (χ2v) is 5.55. The van der Waals surface area contributed by atoms with Crippen molar-refractivity contribution in [2.75, 3.05) is 26.2 Å². The molecule has 1 aromatic carbocycles. The molecule has 1 heterocycles. The minimum atomic E-state index is -0.236. The molecule has 2 rings (SSSR count). The third-order valence-electron chi connectivity index (χ3n) is 3.78. The van der Waals surface area contributed by atoms with Crippen LogP contribution in [0.25, 0.3) is 0 Å². The Labute approximate surface area is 137 Å². The van der Waals surface area contributed by atoms with Crippen molar-refractivity contribution in [3.8, 4) is 0 Å². The van der Waals surface area contributed by atoms with Gasteiger partial charge in [0.2, 0.25) is 5.91 Å². The zero-order valence-corrected chi connectivity index (χ0v) is 13.6. The van der Waals surface area contributed by atoms with Crippen LogP contribution in [-0.2, 0) is 11.3 Å². The molecular formula is C17H25FN4O. The van der Waals surface area contributed by atoms with Crippen LogP contribution in [0.4, 0.5) is 4.39 Å². The Morgan fingerprint density at radius 1 is 1.35 bits per heavy atom. The fraction of sp³-hybridized carbons (Fsp3) is 0.529. The lowest BCUT2D eigenvalue weighted by Crippen LogP contribution is -2.39. The first-order valence-corrected chi connectivity index (χ1v) is 8.24. The number of aliphatic imine (C=N–C) groups is 1. The molecule has 1 saturated heterocycles. The van der Waals surface area contributed by atoms with E-state index in [1.54, 1.807) is 18.2 Å². The third-order valence-corrected chi connectivity index (χ3v) is 3.78. The topological polar surface area (TPSA) is 56.7 Å². The molecule has 0 radical (unpaired) electrons. The standard InChI is InChI=1S/C17H25FN4O/c1-2-19-17(21-13-14-7-3-4-8-15(14)18)20-10-6-12-22-11-5-9-16(22)23/h3-4,7-8H,2,5-6,9-13H2,1H3,(H2,19,20,21). The van der Waals surface area contributed by atoms with Crippen molar-refractivity contribution in [3.05, 3.63) is 35.6 Å². The Morgan fingerprint density at radius 3 is 2.87 bits per heavy atom. The third kappa shape index (κ3) is 5.54. The molecule has 6 heteroatoms. The van der Waals surface area contributed by atoms with E-state index in [9.17, 15) is 9.18 Å². The zero-order chi connectivity index (χ0) is 16.5. The maximum absolute atomic E-state index is 13.6. The van der Waals surface area contributed by atoms with Crippen LogP contribution in [0.15, 0.2) is 29.3 Å². The molecule has 23 heavy (non-hydrogen) atoms. The maximum atomic E-state index is 13.6. The Kier molecular flexibility index (Phi) is 6.84. The number of rotatable bonds is 7. The summed E-state index contributed by atoms with van der Waals surface area (Å²) in [5, 5.41) is 6.37. The fourth-order valence-corrected chi connectivity index (χ4v) is 2.55. The van der Waals surface area contributed by atoms with Gasteiger partial charge in [0.15, 0.2) is 5.96 Å². The van der Waals surface area contributed by atoms with Crippen LogP contribution >= 0.6 is 0 Å². The van der Waals surface area contributed by atoms with Crippen LogP contribution in [0, 0.1) is 5.82 Å². The monoisotopic (exact) mass is 320 g/mol. The number of hydrogen-bond acceptors (Lipinski definition) is 2. The van der Waals surface area contributed by atoms with Gasteiger partial charge in [0.25, 0.3) is 0 Å². The summed E-state index contributed by atoms with van der Waals surface area (Å²) in [6.45, 7) is 5.41. The maximum Gasteiger partial charge on any atom is 0.222 e. The molecule has 0 spiro atoms. The summed E-state index contributed by atoms with van der Waals surface area (Å²) in [6.07, 6.45) is 2.52. The van der Waals surface area contributed by atoms with Crippen LogP contribution < -0.4 is 10.6 Å². The van der Waals surface area contributed by atoms with Gasteiger partial charge in [0.05, 0.1) is 6.54 Å². The van der Waals surface area contributed by atoms with E-state index in [4.69, 9.17) is 0 Å². The smallest absolute Gasteiger partial charge is 0.222 e. The number of likely N-dealkylation sites (tertiary alicyclic amines) is 1. The predicted molar refractivity (Wildman–Crippen MR) is 89.6 cm³/mol. The van der Waals surface area contributed by atoms with E-state index in [1.165, 1.54) is 6.07 Å². The Morgan fingerprint density at radius 2 is 2.17 bits per heavy atom. The van der Waals surface area contributed by atoms with Gasteiger partial charge in [-0.15, -0.1) is 0 Å². The van der Waals surface area contributed by atoms with Gasteiger partial charge in [-0.05, 0) is 25.8 Å². The van der Waals surface area contributed by atoms with Crippen molar-refractivity contribution in [3.63, 3.8) is 0 Å². The molecule has 2 N–H and O–H groups in total. The largest absolute Gasteiger partial charge is 0.357 e. The highest BCUT2D eigenvalue weighted by Crippen LogP contribution is 2.09. The van der Waals surface area contributed by atoms with Gasteiger partial charge < -0.3 is 15.5 Å². The zero-order valence-electron chi connectivity index (χ0n) is 13.6. The molecule has 1 fully saturated rings. The average molecular weight is 320 g/mol. The van der Waals surface area contributed by atoms with Crippen LogP contribution in [0.1, 0.15) is 31.7 Å². The number of halogens is 1. The van der Waals surface area contributed by atoms with Crippen molar-refractivity contribution in [2.45, 2.75) is 32.7 Å². The number of hydrogen-bond donors (Lipinski definition) is 2. The lowest BCUT2D eigenvalue weighted by atomic mass is 10.2. The summed E-state index contributed by atoms with van der Waals surface area (Å²) >= 11 is 0. The van der Waals surface area contributed by atoms with Crippen molar-refractivity contribution in [1.29, 1.82) is 0 Å². The number of carbonyl (C=O) groups is 1. The summed E-state index contributed by atoms with van der Waals surface area (Å²) in [5.41, 5.74) is 0.576. The quantitative estimate of drug-likeness (QED) is 0.458.